The lowest BCUT2D eigenvalue weighted by atomic mass is 10.1. The van der Waals surface area contributed by atoms with E-state index in [0.29, 0.717) is 6.54 Å². The van der Waals surface area contributed by atoms with Crippen LogP contribution in [0.3, 0.4) is 0 Å². The van der Waals surface area contributed by atoms with E-state index in [9.17, 15) is 5.11 Å². The van der Waals surface area contributed by atoms with Gasteiger partial charge in [-0.25, -0.2) is 0 Å². The van der Waals surface area contributed by atoms with E-state index >= 15 is 0 Å². The minimum Gasteiger partial charge on any atom is -0.506 e. The Balaban J connectivity index is 2.23. The molecule has 2 aromatic rings. The highest BCUT2D eigenvalue weighted by molar-refractivity contribution is 5.57. The van der Waals surface area contributed by atoms with Crippen LogP contribution in [0.4, 0.5) is 5.69 Å². The van der Waals surface area contributed by atoms with Crippen LogP contribution in [0.5, 0.6) is 11.5 Å². The summed E-state index contributed by atoms with van der Waals surface area (Å²) >= 11 is 0. The molecule has 0 saturated carbocycles. The number of phenolic OH excluding ortho intramolecular Hbond substituents is 1. The number of aromatic hydroxyl groups is 1. The number of nitrogens with zero attached hydrogens (tertiary/aromatic N) is 1. The summed E-state index contributed by atoms with van der Waals surface area (Å²) in [6.45, 7) is 6.72. The molecule has 0 spiro atoms. The second-order valence-corrected chi connectivity index (χ2v) is 5.29. The predicted octanol–water partition coefficient (Wildman–Crippen LogP) is 3.84. The van der Waals surface area contributed by atoms with E-state index in [1.165, 1.54) is 11.1 Å². The normalized spacial score (nSPS) is 10.5. The quantitative estimate of drug-likeness (QED) is 0.796. The number of hydrogen-bond donors (Lipinski definition) is 2. The highest BCUT2D eigenvalue weighted by Crippen LogP contribution is 2.27. The van der Waals surface area contributed by atoms with Gasteiger partial charge in [-0.1, -0.05) is 19.9 Å². The fourth-order valence-electron chi connectivity index (χ4n) is 2.46. The summed E-state index contributed by atoms with van der Waals surface area (Å²) < 4.78 is 5.44. The molecule has 0 aliphatic heterocycles. The zero-order valence-electron chi connectivity index (χ0n) is 13.7. The van der Waals surface area contributed by atoms with Crippen molar-refractivity contribution in [2.24, 2.45) is 0 Å². The molecule has 0 fully saturated rings. The second kappa shape index (κ2) is 7.16. The largest absolute Gasteiger partial charge is 0.506 e. The average molecular weight is 300 g/mol. The number of hydrogen-bond acceptors (Lipinski definition) is 4. The topological polar surface area (TPSA) is 54.4 Å². The molecule has 0 aliphatic rings. The number of ether oxygens (including phenoxy) is 1. The summed E-state index contributed by atoms with van der Waals surface area (Å²) in [5.41, 5.74) is 4.96. The van der Waals surface area contributed by atoms with Crippen molar-refractivity contribution in [1.29, 1.82) is 0 Å². The standard InChI is InChI=1S/C18H24N2O2/c1-5-13-7-8-17(21)15(9-13)19-11-16-18(22-4)10-14(6-2)12(3)20-16/h7-10,19,21H,5-6,11H2,1-4H3. The van der Waals surface area contributed by atoms with Gasteiger partial charge in [-0.3, -0.25) is 4.98 Å². The zero-order valence-corrected chi connectivity index (χ0v) is 13.7. The van der Waals surface area contributed by atoms with Crippen LogP contribution in [0.1, 0.15) is 36.4 Å². The molecular formula is C18H24N2O2. The smallest absolute Gasteiger partial charge is 0.142 e. The summed E-state index contributed by atoms with van der Waals surface area (Å²) in [5.74, 6) is 1.03. The van der Waals surface area contributed by atoms with Gasteiger partial charge in [-0.05, 0) is 49.1 Å². The lowest BCUT2D eigenvalue weighted by molar-refractivity contribution is 0.406. The first-order valence-electron chi connectivity index (χ1n) is 7.68. The fourth-order valence-corrected chi connectivity index (χ4v) is 2.46. The van der Waals surface area contributed by atoms with Gasteiger partial charge in [0.15, 0.2) is 0 Å². The minimum atomic E-state index is 0.248. The first-order valence-corrected chi connectivity index (χ1v) is 7.68. The van der Waals surface area contributed by atoms with Gasteiger partial charge in [0.25, 0.3) is 0 Å². The van der Waals surface area contributed by atoms with Gasteiger partial charge < -0.3 is 15.2 Å². The summed E-state index contributed by atoms with van der Waals surface area (Å²) in [6, 6.07) is 7.66. The summed E-state index contributed by atoms with van der Waals surface area (Å²) in [4.78, 5) is 4.63. The Morgan fingerprint density at radius 1 is 1.18 bits per heavy atom. The third-order valence-corrected chi connectivity index (χ3v) is 3.87. The highest BCUT2D eigenvalue weighted by atomic mass is 16.5. The van der Waals surface area contributed by atoms with E-state index in [0.717, 1.165) is 35.7 Å². The van der Waals surface area contributed by atoms with Gasteiger partial charge in [-0.15, -0.1) is 0 Å². The number of aromatic nitrogens is 1. The highest BCUT2D eigenvalue weighted by Gasteiger charge is 2.10. The van der Waals surface area contributed by atoms with Crippen molar-refractivity contribution < 1.29 is 9.84 Å². The molecule has 1 aromatic heterocycles. The van der Waals surface area contributed by atoms with Crippen LogP contribution in [0, 0.1) is 6.92 Å². The zero-order chi connectivity index (χ0) is 16.1. The lowest BCUT2D eigenvalue weighted by Gasteiger charge is -2.14. The minimum absolute atomic E-state index is 0.248. The first-order chi connectivity index (χ1) is 10.6. The van der Waals surface area contributed by atoms with Gasteiger partial charge in [0.05, 0.1) is 19.3 Å². The third-order valence-electron chi connectivity index (χ3n) is 3.87. The Labute approximate surface area is 132 Å². The van der Waals surface area contributed by atoms with Crippen LogP contribution in [-0.2, 0) is 19.4 Å². The van der Waals surface area contributed by atoms with Crippen LogP contribution in [0.25, 0.3) is 0 Å². The van der Waals surface area contributed by atoms with E-state index in [1.54, 1.807) is 13.2 Å². The Morgan fingerprint density at radius 2 is 1.95 bits per heavy atom. The molecule has 0 aliphatic carbocycles. The first kappa shape index (κ1) is 16.1. The van der Waals surface area contributed by atoms with Crippen molar-refractivity contribution in [1.82, 2.24) is 4.98 Å². The molecule has 0 bridgehead atoms. The molecular weight excluding hydrogens is 276 g/mol. The number of nitrogens with one attached hydrogen (secondary N) is 1. The molecule has 0 saturated heterocycles. The second-order valence-electron chi connectivity index (χ2n) is 5.29. The van der Waals surface area contributed by atoms with Crippen molar-refractivity contribution >= 4 is 5.69 Å². The van der Waals surface area contributed by atoms with E-state index in [2.05, 4.69) is 24.1 Å². The van der Waals surface area contributed by atoms with Crippen molar-refractivity contribution in [2.75, 3.05) is 12.4 Å². The van der Waals surface area contributed by atoms with Gasteiger partial charge in [0.1, 0.15) is 17.2 Å². The molecule has 0 unspecified atom stereocenters. The SMILES string of the molecule is CCc1ccc(O)c(NCc2nc(C)c(CC)cc2OC)c1. The van der Waals surface area contributed by atoms with E-state index in [-0.39, 0.29) is 5.75 Å². The summed E-state index contributed by atoms with van der Waals surface area (Å²) in [6.07, 6.45) is 1.86. The van der Waals surface area contributed by atoms with E-state index in [4.69, 9.17) is 4.74 Å². The van der Waals surface area contributed by atoms with Crippen LogP contribution in [0.2, 0.25) is 0 Å². The van der Waals surface area contributed by atoms with Crippen molar-refractivity contribution in [3.05, 3.63) is 46.8 Å². The Kier molecular flexibility index (Phi) is 5.26. The molecule has 118 valence electrons. The molecule has 2 rings (SSSR count). The molecule has 1 heterocycles. The number of methoxy groups -OCH3 is 1. The average Bonchev–Trinajstić information content (AvgIpc) is 2.54. The number of rotatable bonds is 6. The van der Waals surface area contributed by atoms with Crippen LogP contribution in [0.15, 0.2) is 24.3 Å². The number of pyridine rings is 1. The van der Waals surface area contributed by atoms with Crippen LogP contribution in [-0.4, -0.2) is 17.2 Å². The number of phenols is 1. The predicted molar refractivity (Wildman–Crippen MR) is 89.7 cm³/mol. The Morgan fingerprint density at radius 3 is 2.59 bits per heavy atom. The Hall–Kier alpha value is -2.23. The molecule has 0 atom stereocenters. The third kappa shape index (κ3) is 3.50. The van der Waals surface area contributed by atoms with Crippen LogP contribution < -0.4 is 10.1 Å². The van der Waals surface area contributed by atoms with Crippen molar-refractivity contribution in [2.45, 2.75) is 40.2 Å². The van der Waals surface area contributed by atoms with Gasteiger partial charge in [0, 0.05) is 5.69 Å². The Bertz CT molecular complexity index is 654. The van der Waals surface area contributed by atoms with Gasteiger partial charge in [0.2, 0.25) is 0 Å². The van der Waals surface area contributed by atoms with E-state index < -0.39 is 0 Å². The van der Waals surface area contributed by atoms with Crippen molar-refractivity contribution in [3.8, 4) is 11.5 Å². The monoisotopic (exact) mass is 300 g/mol. The van der Waals surface area contributed by atoms with Gasteiger partial charge in [-0.2, -0.15) is 0 Å². The maximum Gasteiger partial charge on any atom is 0.142 e. The number of aryl methyl sites for hydroxylation is 3. The summed E-state index contributed by atoms with van der Waals surface area (Å²) in [5, 5.41) is 13.2. The fraction of sp³-hybridized carbons (Fsp3) is 0.389. The molecule has 0 radical (unpaired) electrons. The molecule has 1 aromatic carbocycles. The molecule has 2 N–H and O–H groups in total. The number of benzene rings is 1. The maximum absolute atomic E-state index is 9.96. The van der Waals surface area contributed by atoms with Gasteiger partial charge >= 0.3 is 0 Å². The maximum atomic E-state index is 9.96. The lowest BCUT2D eigenvalue weighted by Crippen LogP contribution is -2.07. The molecule has 0 amide bonds. The molecule has 4 nitrogen and oxygen atoms in total. The summed E-state index contributed by atoms with van der Waals surface area (Å²) in [7, 11) is 1.66. The number of anilines is 1. The molecule has 4 heteroatoms. The van der Waals surface area contributed by atoms with Crippen LogP contribution >= 0.6 is 0 Å². The van der Waals surface area contributed by atoms with E-state index in [1.807, 2.05) is 25.1 Å². The molecule has 22 heavy (non-hydrogen) atoms. The van der Waals surface area contributed by atoms with Crippen molar-refractivity contribution in [3.63, 3.8) is 0 Å².